The molecule has 1 rings (SSSR count). The van der Waals surface area contributed by atoms with E-state index < -0.39 is 4.92 Å². The minimum Gasteiger partial charge on any atom is -0.466 e. The first-order valence-electron chi connectivity index (χ1n) is 5.74. The Labute approximate surface area is 111 Å². The predicted molar refractivity (Wildman–Crippen MR) is 70.6 cm³/mol. The van der Waals surface area contributed by atoms with Gasteiger partial charge >= 0.3 is 5.97 Å². The Morgan fingerprint density at radius 2 is 2.16 bits per heavy atom. The molecular weight excluding hydrogens is 248 g/mol. The van der Waals surface area contributed by atoms with E-state index in [1.54, 1.807) is 31.2 Å². The number of hydrogen-bond donors (Lipinski definition) is 1. The maximum atomic E-state index is 11.1. The zero-order valence-electron chi connectivity index (χ0n) is 10.9. The average Bonchev–Trinajstić information content (AvgIpc) is 2.42. The van der Waals surface area contributed by atoms with E-state index in [2.05, 4.69) is 10.1 Å². The minimum atomic E-state index is -0.410. The van der Waals surface area contributed by atoms with E-state index in [-0.39, 0.29) is 11.7 Å². The maximum absolute atomic E-state index is 11.1. The van der Waals surface area contributed by atoms with Gasteiger partial charge in [0.2, 0.25) is 0 Å². The molecule has 0 amide bonds. The van der Waals surface area contributed by atoms with Crippen molar-refractivity contribution in [1.82, 2.24) is 5.32 Å². The molecule has 0 aliphatic rings. The Hall–Kier alpha value is -2.21. The third-order valence-electron chi connectivity index (χ3n) is 2.56. The van der Waals surface area contributed by atoms with Gasteiger partial charge in [0.1, 0.15) is 0 Å². The number of benzene rings is 1. The summed E-state index contributed by atoms with van der Waals surface area (Å²) in [6, 6.07) is 6.54. The number of nitro benzene ring substituents is 1. The largest absolute Gasteiger partial charge is 0.466 e. The van der Waals surface area contributed by atoms with Crippen molar-refractivity contribution in [2.45, 2.75) is 13.5 Å². The summed E-state index contributed by atoms with van der Waals surface area (Å²) < 4.78 is 4.55. The molecule has 1 N–H and O–H groups in total. The van der Waals surface area contributed by atoms with Gasteiger partial charge in [0.05, 0.1) is 12.0 Å². The number of carbonyl (C=O) groups is 1. The van der Waals surface area contributed by atoms with Crippen LogP contribution in [0.4, 0.5) is 5.69 Å². The van der Waals surface area contributed by atoms with E-state index in [0.29, 0.717) is 24.2 Å². The number of nitro groups is 1. The van der Waals surface area contributed by atoms with Gasteiger partial charge in [-0.2, -0.15) is 0 Å². The monoisotopic (exact) mass is 264 g/mol. The molecule has 0 radical (unpaired) electrons. The second kappa shape index (κ2) is 7.27. The zero-order valence-corrected chi connectivity index (χ0v) is 10.9. The Balaban J connectivity index is 2.55. The molecule has 0 fully saturated rings. The third kappa shape index (κ3) is 4.51. The normalized spacial score (nSPS) is 11.2. The molecule has 0 heterocycles. The molecule has 0 aliphatic heterocycles. The van der Waals surface area contributed by atoms with E-state index in [1.807, 2.05) is 0 Å². The van der Waals surface area contributed by atoms with Crippen LogP contribution in [0.3, 0.4) is 0 Å². The van der Waals surface area contributed by atoms with Gasteiger partial charge in [0.15, 0.2) is 0 Å². The zero-order chi connectivity index (χ0) is 14.3. The topological polar surface area (TPSA) is 81.5 Å². The van der Waals surface area contributed by atoms with Gasteiger partial charge in [-0.3, -0.25) is 10.1 Å². The first kappa shape index (κ1) is 14.8. The van der Waals surface area contributed by atoms with Crippen molar-refractivity contribution in [2.75, 3.05) is 13.7 Å². The van der Waals surface area contributed by atoms with Crippen molar-refractivity contribution < 1.29 is 14.5 Å². The summed E-state index contributed by atoms with van der Waals surface area (Å²) in [5.41, 5.74) is 1.19. The van der Waals surface area contributed by atoms with Gasteiger partial charge in [-0.25, -0.2) is 4.79 Å². The number of para-hydroxylation sites is 1. The van der Waals surface area contributed by atoms with Crippen molar-refractivity contribution in [1.29, 1.82) is 0 Å². The first-order chi connectivity index (χ1) is 9.06. The predicted octanol–water partition coefficient (Wildman–Crippen LogP) is 1.80. The lowest BCUT2D eigenvalue weighted by Crippen LogP contribution is -2.15. The van der Waals surface area contributed by atoms with Crippen molar-refractivity contribution in [3.05, 3.63) is 51.6 Å². The lowest BCUT2D eigenvalue weighted by atomic mass is 10.2. The smallest absolute Gasteiger partial charge is 0.333 e. The number of nitrogens with one attached hydrogen (secondary N) is 1. The Kier molecular flexibility index (Phi) is 5.69. The summed E-state index contributed by atoms with van der Waals surface area (Å²) >= 11 is 0. The van der Waals surface area contributed by atoms with Crippen molar-refractivity contribution >= 4 is 11.7 Å². The molecule has 0 aliphatic carbocycles. The number of rotatable bonds is 6. The second-order valence-corrected chi connectivity index (χ2v) is 3.90. The van der Waals surface area contributed by atoms with Crippen LogP contribution < -0.4 is 5.32 Å². The summed E-state index contributed by atoms with van der Waals surface area (Å²) in [4.78, 5) is 21.5. The van der Waals surface area contributed by atoms with Gasteiger partial charge < -0.3 is 10.1 Å². The number of methoxy groups -OCH3 is 1. The van der Waals surface area contributed by atoms with Crippen LogP contribution in [0.2, 0.25) is 0 Å². The fraction of sp³-hybridized carbons (Fsp3) is 0.308. The van der Waals surface area contributed by atoms with E-state index in [1.165, 1.54) is 13.2 Å². The standard InChI is InChI=1S/C13H16N2O4/c1-10(13(16)19-2)7-8-14-9-11-5-3-4-6-12(11)15(17)18/h3-7,14H,8-9H2,1-2H3/b10-7+. The highest BCUT2D eigenvalue weighted by molar-refractivity contribution is 5.87. The fourth-order valence-electron chi connectivity index (χ4n) is 1.51. The molecule has 6 nitrogen and oxygen atoms in total. The second-order valence-electron chi connectivity index (χ2n) is 3.90. The van der Waals surface area contributed by atoms with Crippen molar-refractivity contribution in [3.63, 3.8) is 0 Å². The molecule has 0 atom stereocenters. The molecule has 0 aromatic heterocycles. The molecule has 0 bridgehead atoms. The molecule has 0 saturated heterocycles. The molecule has 102 valence electrons. The quantitative estimate of drug-likeness (QED) is 0.278. The van der Waals surface area contributed by atoms with Gasteiger partial charge in [-0.1, -0.05) is 24.3 Å². The fourth-order valence-corrected chi connectivity index (χ4v) is 1.51. The molecule has 6 heteroatoms. The highest BCUT2D eigenvalue weighted by Crippen LogP contribution is 2.16. The highest BCUT2D eigenvalue weighted by Gasteiger charge is 2.11. The summed E-state index contributed by atoms with van der Waals surface area (Å²) in [7, 11) is 1.32. The summed E-state index contributed by atoms with van der Waals surface area (Å²) in [5.74, 6) is -0.382. The lowest BCUT2D eigenvalue weighted by molar-refractivity contribution is -0.385. The highest BCUT2D eigenvalue weighted by atomic mass is 16.6. The van der Waals surface area contributed by atoms with E-state index in [0.717, 1.165) is 0 Å². The number of hydrogen-bond acceptors (Lipinski definition) is 5. The van der Waals surface area contributed by atoms with Crippen LogP contribution >= 0.6 is 0 Å². The van der Waals surface area contributed by atoms with Gasteiger partial charge in [0, 0.05) is 30.3 Å². The Bertz CT molecular complexity index is 497. The summed E-state index contributed by atoms with van der Waals surface area (Å²) in [6.07, 6.45) is 1.68. The Morgan fingerprint density at radius 1 is 1.47 bits per heavy atom. The van der Waals surface area contributed by atoms with Crippen LogP contribution in [0, 0.1) is 10.1 Å². The van der Waals surface area contributed by atoms with Gasteiger partial charge in [-0.05, 0) is 6.92 Å². The number of esters is 1. The molecule has 0 unspecified atom stereocenters. The molecule has 19 heavy (non-hydrogen) atoms. The average molecular weight is 264 g/mol. The molecule has 1 aromatic carbocycles. The number of ether oxygens (including phenoxy) is 1. The molecular formula is C13H16N2O4. The van der Waals surface area contributed by atoms with Crippen LogP contribution in [0.25, 0.3) is 0 Å². The number of nitrogens with zero attached hydrogens (tertiary/aromatic N) is 1. The van der Waals surface area contributed by atoms with Crippen LogP contribution in [-0.4, -0.2) is 24.5 Å². The van der Waals surface area contributed by atoms with Crippen molar-refractivity contribution in [3.8, 4) is 0 Å². The maximum Gasteiger partial charge on any atom is 0.333 e. The van der Waals surface area contributed by atoms with Crippen LogP contribution in [0.5, 0.6) is 0 Å². The molecule has 0 spiro atoms. The van der Waals surface area contributed by atoms with Gasteiger partial charge in [-0.15, -0.1) is 0 Å². The van der Waals surface area contributed by atoms with Crippen LogP contribution in [0.1, 0.15) is 12.5 Å². The molecule has 1 aromatic rings. The summed E-state index contributed by atoms with van der Waals surface area (Å²) in [5, 5.41) is 13.8. The summed E-state index contributed by atoms with van der Waals surface area (Å²) in [6.45, 7) is 2.45. The van der Waals surface area contributed by atoms with Crippen molar-refractivity contribution in [2.24, 2.45) is 0 Å². The number of carbonyl (C=O) groups excluding carboxylic acids is 1. The van der Waals surface area contributed by atoms with Gasteiger partial charge in [0.25, 0.3) is 5.69 Å². The Morgan fingerprint density at radius 3 is 2.79 bits per heavy atom. The SMILES string of the molecule is COC(=O)/C(C)=C/CNCc1ccccc1[N+](=O)[O-]. The lowest BCUT2D eigenvalue weighted by Gasteiger charge is -2.04. The van der Waals surface area contributed by atoms with Crippen LogP contribution in [-0.2, 0) is 16.1 Å². The minimum absolute atomic E-state index is 0.0867. The molecule has 0 saturated carbocycles. The third-order valence-corrected chi connectivity index (χ3v) is 2.56. The van der Waals surface area contributed by atoms with E-state index >= 15 is 0 Å². The first-order valence-corrected chi connectivity index (χ1v) is 5.74. The van der Waals surface area contributed by atoms with Crippen LogP contribution in [0.15, 0.2) is 35.9 Å². The van der Waals surface area contributed by atoms with E-state index in [9.17, 15) is 14.9 Å². The van der Waals surface area contributed by atoms with E-state index in [4.69, 9.17) is 0 Å².